The Morgan fingerprint density at radius 2 is 2.00 bits per heavy atom. The number of morpholine rings is 1. The van der Waals surface area contributed by atoms with Gasteiger partial charge >= 0.3 is 0 Å². The van der Waals surface area contributed by atoms with Gasteiger partial charge in [-0.05, 0) is 17.7 Å². The zero-order chi connectivity index (χ0) is 16.1. The van der Waals surface area contributed by atoms with Gasteiger partial charge in [0.1, 0.15) is 5.82 Å². The van der Waals surface area contributed by atoms with Crippen molar-refractivity contribution in [2.75, 3.05) is 45.9 Å². The molecule has 8 heteroatoms. The third-order valence-electron chi connectivity index (χ3n) is 4.44. The van der Waals surface area contributed by atoms with Gasteiger partial charge < -0.3 is 15.0 Å². The average molecular weight is 394 g/mol. The van der Waals surface area contributed by atoms with Crippen molar-refractivity contribution in [1.82, 2.24) is 15.1 Å². The van der Waals surface area contributed by atoms with Gasteiger partial charge in [0, 0.05) is 51.7 Å². The van der Waals surface area contributed by atoms with Crippen LogP contribution in [0, 0.1) is 5.82 Å². The lowest BCUT2D eigenvalue weighted by molar-refractivity contribution is -0.134. The van der Waals surface area contributed by atoms with Crippen molar-refractivity contribution in [2.24, 2.45) is 0 Å². The lowest BCUT2D eigenvalue weighted by Crippen LogP contribution is -2.51. The van der Waals surface area contributed by atoms with Crippen LogP contribution in [0.5, 0.6) is 0 Å². The quantitative estimate of drug-likeness (QED) is 0.845. The van der Waals surface area contributed by atoms with Gasteiger partial charge in [-0.1, -0.05) is 12.1 Å². The summed E-state index contributed by atoms with van der Waals surface area (Å²) in [6, 6.07) is 6.86. The van der Waals surface area contributed by atoms with Gasteiger partial charge in [0.25, 0.3) is 0 Å². The molecule has 1 aromatic rings. The van der Waals surface area contributed by atoms with E-state index in [1.165, 1.54) is 6.07 Å². The minimum Gasteiger partial charge on any atom is -0.378 e. The molecule has 0 radical (unpaired) electrons. The van der Waals surface area contributed by atoms with Crippen molar-refractivity contribution in [3.05, 3.63) is 35.6 Å². The van der Waals surface area contributed by atoms with Crippen LogP contribution in [0.15, 0.2) is 24.3 Å². The van der Waals surface area contributed by atoms with Crippen LogP contribution in [0.4, 0.5) is 4.39 Å². The van der Waals surface area contributed by atoms with Crippen LogP contribution in [0.1, 0.15) is 12.0 Å². The average Bonchev–Trinajstić information content (AvgIpc) is 2.56. The molecular formula is C17H26Cl2FN3O2. The molecule has 5 nitrogen and oxygen atoms in total. The second kappa shape index (κ2) is 10.9. The van der Waals surface area contributed by atoms with E-state index in [0.29, 0.717) is 13.0 Å². The number of carbonyl (C=O) groups excluding carboxylic acids is 1. The number of carbonyl (C=O) groups is 1. The van der Waals surface area contributed by atoms with Crippen LogP contribution >= 0.6 is 24.8 Å². The highest BCUT2D eigenvalue weighted by atomic mass is 35.5. The Bertz CT molecular complexity index is 536. The van der Waals surface area contributed by atoms with Crippen molar-refractivity contribution in [3.8, 4) is 0 Å². The summed E-state index contributed by atoms with van der Waals surface area (Å²) in [7, 11) is 0. The van der Waals surface area contributed by atoms with Gasteiger partial charge in [-0.2, -0.15) is 0 Å². The van der Waals surface area contributed by atoms with E-state index in [4.69, 9.17) is 4.74 Å². The summed E-state index contributed by atoms with van der Waals surface area (Å²) in [6.45, 7) is 6.03. The first kappa shape index (κ1) is 22.1. The number of nitrogens with one attached hydrogen (secondary N) is 1. The number of benzene rings is 1. The van der Waals surface area contributed by atoms with Gasteiger partial charge in [0.15, 0.2) is 0 Å². The summed E-state index contributed by atoms with van der Waals surface area (Å²) in [5.41, 5.74) is 0.980. The van der Waals surface area contributed by atoms with Gasteiger partial charge in [-0.3, -0.25) is 9.69 Å². The third kappa shape index (κ3) is 6.72. The molecule has 1 unspecified atom stereocenters. The monoisotopic (exact) mass is 393 g/mol. The third-order valence-corrected chi connectivity index (χ3v) is 4.44. The van der Waals surface area contributed by atoms with Crippen molar-refractivity contribution in [1.29, 1.82) is 0 Å². The second-order valence-corrected chi connectivity index (χ2v) is 6.22. The number of piperazine rings is 1. The van der Waals surface area contributed by atoms with Crippen LogP contribution in [0.3, 0.4) is 0 Å². The zero-order valence-corrected chi connectivity index (χ0v) is 15.8. The number of halogens is 3. The largest absolute Gasteiger partial charge is 0.378 e. The Labute approximate surface area is 160 Å². The first-order valence-corrected chi connectivity index (χ1v) is 8.26. The fraction of sp³-hybridized carbons (Fsp3) is 0.588. The highest BCUT2D eigenvalue weighted by Gasteiger charge is 2.24. The second-order valence-electron chi connectivity index (χ2n) is 6.22. The van der Waals surface area contributed by atoms with Crippen LogP contribution in [0.25, 0.3) is 0 Å². The SMILES string of the molecule is Cl.Cl.O=C(CC1COCCN1)N1CCN(Cc2cccc(F)c2)CC1. The predicted molar refractivity (Wildman–Crippen MR) is 100.0 cm³/mol. The standard InChI is InChI=1S/C17H24FN3O2.2ClH/c18-15-3-1-2-14(10-15)12-20-5-7-21(8-6-20)17(22)11-16-13-23-9-4-19-16;;/h1-3,10,16,19H,4-9,11-13H2;2*1H. The molecule has 2 saturated heterocycles. The lowest BCUT2D eigenvalue weighted by Gasteiger charge is -2.35. The summed E-state index contributed by atoms with van der Waals surface area (Å²) in [5.74, 6) is -0.00285. The number of amides is 1. The van der Waals surface area contributed by atoms with Crippen LogP contribution in [-0.4, -0.2) is 67.7 Å². The zero-order valence-electron chi connectivity index (χ0n) is 14.2. The van der Waals surface area contributed by atoms with Crippen molar-refractivity contribution in [2.45, 2.75) is 19.0 Å². The Morgan fingerprint density at radius 3 is 2.64 bits per heavy atom. The number of ether oxygens (including phenoxy) is 1. The molecule has 0 saturated carbocycles. The maximum Gasteiger partial charge on any atom is 0.224 e. The van der Waals surface area contributed by atoms with Crippen molar-refractivity contribution >= 4 is 30.7 Å². The topological polar surface area (TPSA) is 44.8 Å². The molecule has 2 fully saturated rings. The molecular weight excluding hydrogens is 368 g/mol. The highest BCUT2D eigenvalue weighted by molar-refractivity contribution is 5.85. The number of hydrogen-bond acceptors (Lipinski definition) is 4. The van der Waals surface area contributed by atoms with Gasteiger partial charge in [-0.15, -0.1) is 24.8 Å². The molecule has 1 amide bonds. The molecule has 0 aliphatic carbocycles. The molecule has 0 aromatic heterocycles. The molecule has 2 aliphatic rings. The lowest BCUT2D eigenvalue weighted by atomic mass is 10.1. The molecule has 2 heterocycles. The summed E-state index contributed by atoms with van der Waals surface area (Å²) in [5, 5.41) is 3.32. The molecule has 142 valence electrons. The Morgan fingerprint density at radius 1 is 1.24 bits per heavy atom. The number of nitrogens with zero attached hydrogens (tertiary/aromatic N) is 2. The van der Waals surface area contributed by atoms with Gasteiger partial charge in [0.2, 0.25) is 5.91 Å². The summed E-state index contributed by atoms with van der Waals surface area (Å²) < 4.78 is 18.6. The summed E-state index contributed by atoms with van der Waals surface area (Å²) in [4.78, 5) is 16.5. The predicted octanol–water partition coefficient (Wildman–Crippen LogP) is 1.69. The number of rotatable bonds is 4. The minimum atomic E-state index is -0.196. The van der Waals surface area contributed by atoms with Crippen molar-refractivity contribution in [3.63, 3.8) is 0 Å². The number of hydrogen-bond donors (Lipinski definition) is 1. The molecule has 25 heavy (non-hydrogen) atoms. The van der Waals surface area contributed by atoms with E-state index < -0.39 is 0 Å². The van der Waals surface area contributed by atoms with Crippen LogP contribution < -0.4 is 5.32 Å². The van der Waals surface area contributed by atoms with Gasteiger partial charge in [0.05, 0.1) is 13.2 Å². The van der Waals surface area contributed by atoms with E-state index in [9.17, 15) is 9.18 Å². The maximum atomic E-state index is 13.2. The highest BCUT2D eigenvalue weighted by Crippen LogP contribution is 2.11. The fourth-order valence-corrected chi connectivity index (χ4v) is 3.14. The normalized spacial score (nSPS) is 21.2. The first-order chi connectivity index (χ1) is 11.2. The fourth-order valence-electron chi connectivity index (χ4n) is 3.14. The molecule has 0 spiro atoms. The van der Waals surface area contributed by atoms with E-state index in [1.54, 1.807) is 12.1 Å². The minimum absolute atomic E-state index is 0. The van der Waals surface area contributed by atoms with Crippen molar-refractivity contribution < 1.29 is 13.9 Å². The molecule has 3 rings (SSSR count). The van der Waals surface area contributed by atoms with E-state index >= 15 is 0 Å². The van der Waals surface area contributed by atoms with Gasteiger partial charge in [-0.25, -0.2) is 4.39 Å². The molecule has 1 aromatic carbocycles. The Hall–Kier alpha value is -0.920. The summed E-state index contributed by atoms with van der Waals surface area (Å²) in [6.07, 6.45) is 0.504. The Kier molecular flexibility index (Phi) is 9.67. The van der Waals surface area contributed by atoms with Crippen LogP contribution in [0.2, 0.25) is 0 Å². The van der Waals surface area contributed by atoms with Crippen LogP contribution in [-0.2, 0) is 16.1 Å². The van der Waals surface area contributed by atoms with E-state index in [-0.39, 0.29) is 42.6 Å². The van der Waals surface area contributed by atoms with E-state index in [2.05, 4.69) is 10.2 Å². The first-order valence-electron chi connectivity index (χ1n) is 8.26. The van der Waals surface area contributed by atoms with E-state index in [0.717, 1.165) is 51.4 Å². The Balaban J connectivity index is 0.00000156. The smallest absolute Gasteiger partial charge is 0.224 e. The molecule has 2 aliphatic heterocycles. The molecule has 0 bridgehead atoms. The molecule has 1 N–H and O–H groups in total. The molecule has 1 atom stereocenters. The van der Waals surface area contributed by atoms with E-state index in [1.807, 2.05) is 11.0 Å². The summed E-state index contributed by atoms with van der Waals surface area (Å²) >= 11 is 0. The maximum absolute atomic E-state index is 13.2.